The van der Waals surface area contributed by atoms with E-state index in [-0.39, 0.29) is 18.2 Å². The molecule has 4 rings (SSSR count). The predicted molar refractivity (Wildman–Crippen MR) is 96.2 cm³/mol. The highest BCUT2D eigenvalue weighted by atomic mass is 16.6. The minimum Gasteiger partial charge on any atom is -0.462 e. The molecule has 27 heavy (non-hydrogen) atoms. The predicted octanol–water partition coefficient (Wildman–Crippen LogP) is 1.86. The lowest BCUT2D eigenvalue weighted by Crippen LogP contribution is -2.38. The smallest absolute Gasteiger partial charge is 0.410 e. The Bertz CT molecular complexity index is 845. The van der Waals surface area contributed by atoms with Crippen molar-refractivity contribution in [3.63, 3.8) is 0 Å². The summed E-state index contributed by atoms with van der Waals surface area (Å²) >= 11 is 0. The quantitative estimate of drug-likeness (QED) is 0.745. The lowest BCUT2D eigenvalue weighted by Gasteiger charge is -2.23. The number of aromatic nitrogens is 2. The van der Waals surface area contributed by atoms with E-state index in [0.717, 1.165) is 5.69 Å². The molecule has 140 valence electrons. The summed E-state index contributed by atoms with van der Waals surface area (Å²) in [7, 11) is 0. The molecular formula is C19H20N4O4. The van der Waals surface area contributed by atoms with Crippen LogP contribution < -0.4 is 4.90 Å². The van der Waals surface area contributed by atoms with Crippen molar-refractivity contribution in [1.29, 1.82) is 0 Å². The maximum Gasteiger partial charge on any atom is 0.410 e. The molecule has 0 spiro atoms. The third kappa shape index (κ3) is 3.30. The fourth-order valence-corrected chi connectivity index (χ4v) is 3.54. The molecule has 8 nitrogen and oxygen atoms in total. The van der Waals surface area contributed by atoms with Crippen LogP contribution in [0.3, 0.4) is 0 Å². The topological polar surface area (TPSA) is 84.9 Å². The number of esters is 1. The van der Waals surface area contributed by atoms with Crippen molar-refractivity contribution >= 4 is 17.9 Å². The Kier molecular flexibility index (Phi) is 4.62. The first-order valence-electron chi connectivity index (χ1n) is 8.91. The fraction of sp³-hybridized carbons (Fsp3) is 0.368. The monoisotopic (exact) mass is 368 g/mol. The van der Waals surface area contributed by atoms with E-state index in [1.807, 2.05) is 23.1 Å². The third-order valence-electron chi connectivity index (χ3n) is 4.76. The Labute approximate surface area is 156 Å². The van der Waals surface area contributed by atoms with Crippen LogP contribution in [0.2, 0.25) is 0 Å². The molecule has 2 aliphatic rings. The molecular weight excluding hydrogens is 348 g/mol. The first kappa shape index (κ1) is 17.3. The molecule has 0 N–H and O–H groups in total. The maximum absolute atomic E-state index is 12.3. The van der Waals surface area contributed by atoms with Gasteiger partial charge in [-0.25, -0.2) is 14.6 Å². The molecule has 2 fully saturated rings. The van der Waals surface area contributed by atoms with Gasteiger partial charge in [-0.15, -0.1) is 0 Å². The van der Waals surface area contributed by atoms with Crippen LogP contribution in [0.15, 0.2) is 42.7 Å². The molecule has 0 aliphatic carbocycles. The van der Waals surface area contributed by atoms with E-state index in [4.69, 9.17) is 9.47 Å². The van der Waals surface area contributed by atoms with Gasteiger partial charge in [0.1, 0.15) is 17.5 Å². The molecule has 0 unspecified atom stereocenters. The zero-order valence-corrected chi connectivity index (χ0v) is 14.9. The van der Waals surface area contributed by atoms with Crippen LogP contribution in [-0.2, 0) is 16.0 Å². The SMILES string of the molecule is CCOC(=O)c1cccnc1N1C[C@H]2OC(=O)N(Cc3ccccn3)[C@H]2C1. The van der Waals surface area contributed by atoms with Crippen molar-refractivity contribution < 1.29 is 19.1 Å². The van der Waals surface area contributed by atoms with Gasteiger partial charge in [-0.3, -0.25) is 9.88 Å². The maximum atomic E-state index is 12.3. The molecule has 2 aliphatic heterocycles. The van der Waals surface area contributed by atoms with E-state index in [1.165, 1.54) is 0 Å². The summed E-state index contributed by atoms with van der Waals surface area (Å²) in [5, 5.41) is 0. The average molecular weight is 368 g/mol. The van der Waals surface area contributed by atoms with Crippen LogP contribution in [0.25, 0.3) is 0 Å². The molecule has 2 atom stereocenters. The molecule has 8 heteroatoms. The number of ether oxygens (including phenoxy) is 2. The van der Waals surface area contributed by atoms with Gasteiger partial charge in [-0.05, 0) is 31.2 Å². The Hall–Kier alpha value is -3.16. The van der Waals surface area contributed by atoms with Crippen LogP contribution in [-0.4, -0.2) is 58.8 Å². The molecule has 0 saturated carbocycles. The highest BCUT2D eigenvalue weighted by Crippen LogP contribution is 2.32. The van der Waals surface area contributed by atoms with Gasteiger partial charge in [-0.1, -0.05) is 6.07 Å². The van der Waals surface area contributed by atoms with Gasteiger partial charge in [0.2, 0.25) is 0 Å². The van der Waals surface area contributed by atoms with E-state index in [2.05, 4.69) is 9.97 Å². The van der Waals surface area contributed by atoms with Crippen LogP contribution in [0.1, 0.15) is 23.0 Å². The number of hydrogen-bond donors (Lipinski definition) is 0. The van der Waals surface area contributed by atoms with Crippen molar-refractivity contribution in [2.75, 3.05) is 24.6 Å². The molecule has 1 amide bonds. The highest BCUT2D eigenvalue weighted by molar-refractivity contribution is 5.95. The van der Waals surface area contributed by atoms with Crippen molar-refractivity contribution in [2.45, 2.75) is 25.6 Å². The Morgan fingerprint density at radius 2 is 2.07 bits per heavy atom. The van der Waals surface area contributed by atoms with Crippen molar-refractivity contribution in [1.82, 2.24) is 14.9 Å². The third-order valence-corrected chi connectivity index (χ3v) is 4.76. The van der Waals surface area contributed by atoms with Gasteiger partial charge in [-0.2, -0.15) is 0 Å². The summed E-state index contributed by atoms with van der Waals surface area (Å²) in [5.74, 6) is 0.152. The molecule has 2 saturated heterocycles. The van der Waals surface area contributed by atoms with E-state index in [1.54, 1.807) is 36.4 Å². The number of anilines is 1. The molecule has 0 radical (unpaired) electrons. The van der Waals surface area contributed by atoms with Crippen molar-refractivity contribution in [3.05, 3.63) is 54.0 Å². The van der Waals surface area contributed by atoms with E-state index >= 15 is 0 Å². The minimum atomic E-state index is -0.403. The number of fused-ring (bicyclic) bond motifs is 1. The van der Waals surface area contributed by atoms with Crippen LogP contribution in [0.5, 0.6) is 0 Å². The normalized spacial score (nSPS) is 21.1. The first-order valence-corrected chi connectivity index (χ1v) is 8.91. The van der Waals surface area contributed by atoms with Crippen LogP contribution >= 0.6 is 0 Å². The Morgan fingerprint density at radius 1 is 1.22 bits per heavy atom. The van der Waals surface area contributed by atoms with E-state index in [9.17, 15) is 9.59 Å². The van der Waals surface area contributed by atoms with Crippen LogP contribution in [0.4, 0.5) is 10.6 Å². The number of carbonyl (C=O) groups excluding carboxylic acids is 2. The van der Waals surface area contributed by atoms with Gasteiger partial charge in [0.25, 0.3) is 0 Å². The van der Waals surface area contributed by atoms with Crippen molar-refractivity contribution in [3.8, 4) is 0 Å². The van der Waals surface area contributed by atoms with E-state index in [0.29, 0.717) is 37.6 Å². The largest absolute Gasteiger partial charge is 0.462 e. The van der Waals surface area contributed by atoms with Crippen LogP contribution in [0, 0.1) is 0 Å². The van der Waals surface area contributed by atoms with Crippen molar-refractivity contribution in [2.24, 2.45) is 0 Å². The molecule has 0 bridgehead atoms. The van der Waals surface area contributed by atoms with Gasteiger partial charge in [0.15, 0.2) is 0 Å². The second-order valence-electron chi connectivity index (χ2n) is 6.44. The molecule has 2 aromatic heterocycles. The van der Waals surface area contributed by atoms with Gasteiger partial charge in [0.05, 0.1) is 31.4 Å². The summed E-state index contributed by atoms with van der Waals surface area (Å²) < 4.78 is 10.7. The summed E-state index contributed by atoms with van der Waals surface area (Å²) in [6.07, 6.45) is 2.75. The summed E-state index contributed by atoms with van der Waals surface area (Å²) in [6.45, 7) is 3.48. The highest BCUT2D eigenvalue weighted by Gasteiger charge is 2.48. The molecule has 4 heterocycles. The summed E-state index contributed by atoms with van der Waals surface area (Å²) in [5.41, 5.74) is 1.22. The second kappa shape index (κ2) is 7.22. The first-order chi connectivity index (χ1) is 13.2. The van der Waals surface area contributed by atoms with Gasteiger partial charge < -0.3 is 14.4 Å². The fourth-order valence-electron chi connectivity index (χ4n) is 3.54. The Morgan fingerprint density at radius 3 is 2.85 bits per heavy atom. The molecule has 0 aromatic carbocycles. The number of carbonyl (C=O) groups is 2. The van der Waals surface area contributed by atoms with E-state index < -0.39 is 5.97 Å². The number of rotatable bonds is 5. The zero-order chi connectivity index (χ0) is 18.8. The summed E-state index contributed by atoms with van der Waals surface area (Å²) in [4.78, 5) is 36.8. The second-order valence-corrected chi connectivity index (χ2v) is 6.44. The summed E-state index contributed by atoms with van der Waals surface area (Å²) in [6, 6.07) is 8.90. The average Bonchev–Trinajstić information content (AvgIpc) is 3.21. The number of hydrogen-bond acceptors (Lipinski definition) is 7. The van der Waals surface area contributed by atoms with Gasteiger partial charge in [0, 0.05) is 18.9 Å². The molecule has 2 aromatic rings. The lowest BCUT2D eigenvalue weighted by atomic mass is 10.2. The zero-order valence-electron chi connectivity index (χ0n) is 14.9. The number of amides is 1. The number of nitrogens with zero attached hydrogens (tertiary/aromatic N) is 4. The van der Waals surface area contributed by atoms with Gasteiger partial charge >= 0.3 is 12.1 Å². The Balaban J connectivity index is 1.54. The lowest BCUT2D eigenvalue weighted by molar-refractivity contribution is 0.0526. The minimum absolute atomic E-state index is 0.114. The standard InChI is InChI=1S/C19H20N4O4/c1-2-26-18(24)14-7-5-9-21-17(14)22-11-15-16(12-22)27-19(25)23(15)10-13-6-3-4-8-20-13/h3-9,15-16H,2,10-12H2,1H3/t15-,16+/m0/s1. The number of pyridine rings is 2.